The van der Waals surface area contributed by atoms with Gasteiger partial charge in [-0.15, -0.1) is 0 Å². The van der Waals surface area contributed by atoms with Gasteiger partial charge in [0.05, 0.1) is 5.39 Å². The first kappa shape index (κ1) is 25.7. The molecule has 13 heteroatoms. The Kier molecular flexibility index (Phi) is 8.01. The molecule has 2 aromatic carbocycles. The number of anilines is 1. The Bertz CT molecular complexity index is 1420. The minimum absolute atomic E-state index is 0.0274. The molecule has 0 radical (unpaired) electrons. The molecule has 4 aromatic rings. The molecule has 0 aliphatic rings. The normalized spacial score (nSPS) is 11.4. The molecule has 0 saturated carbocycles. The van der Waals surface area contributed by atoms with Gasteiger partial charge >= 0.3 is 6.18 Å². The fraction of sp³-hybridized carbons (Fsp3) is 0.292. The number of alkyl halides is 3. The van der Waals surface area contributed by atoms with Crippen molar-refractivity contribution in [3.8, 4) is 17.1 Å². The van der Waals surface area contributed by atoms with E-state index < -0.39 is 12.8 Å². The van der Waals surface area contributed by atoms with Crippen molar-refractivity contribution in [2.75, 3.05) is 25.0 Å². The number of benzene rings is 2. The molecule has 4 rings (SSSR count). The van der Waals surface area contributed by atoms with Crippen LogP contribution in [0.3, 0.4) is 0 Å². The van der Waals surface area contributed by atoms with E-state index in [-0.39, 0.29) is 41.8 Å². The highest BCUT2D eigenvalue weighted by atomic mass is 19.4. The minimum Gasteiger partial charge on any atom is -0.484 e. The highest BCUT2D eigenvalue weighted by molar-refractivity contribution is 5.90. The third-order valence-corrected chi connectivity index (χ3v) is 5.19. The highest BCUT2D eigenvalue weighted by Crippen LogP contribution is 2.24. The van der Waals surface area contributed by atoms with Gasteiger partial charge in [0.1, 0.15) is 5.75 Å². The van der Waals surface area contributed by atoms with Crippen molar-refractivity contribution < 1.29 is 27.2 Å². The van der Waals surface area contributed by atoms with E-state index in [1.807, 2.05) is 12.1 Å². The van der Waals surface area contributed by atoms with Gasteiger partial charge in [0.25, 0.3) is 5.56 Å². The lowest BCUT2D eigenvalue weighted by Crippen LogP contribution is -2.26. The number of H-pyrrole nitrogens is 1. The molecular formula is C24H23F3N6O4. The maximum absolute atomic E-state index is 12.4. The maximum Gasteiger partial charge on any atom is 0.422 e. The fourth-order valence-electron chi connectivity index (χ4n) is 3.45. The first-order chi connectivity index (χ1) is 17.8. The molecule has 0 aliphatic heterocycles. The number of halogens is 3. The van der Waals surface area contributed by atoms with Crippen LogP contribution in [0, 0.1) is 0 Å². The lowest BCUT2D eigenvalue weighted by molar-refractivity contribution is -0.153. The number of nitrogens with one attached hydrogen (secondary N) is 3. The number of hydrogen-bond donors (Lipinski definition) is 3. The summed E-state index contributed by atoms with van der Waals surface area (Å²) in [6.07, 6.45) is -3.50. The fourth-order valence-corrected chi connectivity index (χ4v) is 3.45. The van der Waals surface area contributed by atoms with Crippen LogP contribution in [-0.4, -0.2) is 52.1 Å². The SMILES string of the molecule is O=C(CCc1nc(-c2cccc(OCC(F)(F)F)c2)no1)NCCCNc1n[nH]c(=O)c2ccccc12. The predicted octanol–water partition coefficient (Wildman–Crippen LogP) is 3.47. The van der Waals surface area contributed by atoms with Crippen molar-refractivity contribution in [2.45, 2.75) is 25.4 Å². The molecule has 1 amide bonds. The summed E-state index contributed by atoms with van der Waals surface area (Å²) >= 11 is 0. The largest absolute Gasteiger partial charge is 0.484 e. The summed E-state index contributed by atoms with van der Waals surface area (Å²) in [5.41, 5.74) is 0.168. The lowest BCUT2D eigenvalue weighted by atomic mass is 10.2. The first-order valence-electron chi connectivity index (χ1n) is 11.4. The zero-order chi connectivity index (χ0) is 26.3. The third kappa shape index (κ3) is 7.29. The van der Waals surface area contributed by atoms with E-state index in [9.17, 15) is 22.8 Å². The predicted molar refractivity (Wildman–Crippen MR) is 128 cm³/mol. The van der Waals surface area contributed by atoms with Crippen molar-refractivity contribution in [3.63, 3.8) is 0 Å². The number of hydrogen-bond acceptors (Lipinski definition) is 8. The Morgan fingerprint density at radius 3 is 2.70 bits per heavy atom. The molecule has 194 valence electrons. The van der Waals surface area contributed by atoms with Crippen LogP contribution in [-0.2, 0) is 11.2 Å². The Morgan fingerprint density at radius 2 is 1.89 bits per heavy atom. The van der Waals surface area contributed by atoms with Crippen LogP contribution < -0.4 is 20.9 Å². The third-order valence-electron chi connectivity index (χ3n) is 5.19. The average Bonchev–Trinajstić information content (AvgIpc) is 3.36. The van der Waals surface area contributed by atoms with Crippen LogP contribution in [0.1, 0.15) is 18.7 Å². The summed E-state index contributed by atoms with van der Waals surface area (Å²) in [5, 5.41) is 17.5. The molecule has 0 aliphatic carbocycles. The number of nitrogens with zero attached hydrogens (tertiary/aromatic N) is 3. The summed E-state index contributed by atoms with van der Waals surface area (Å²) in [6.45, 7) is -0.449. The first-order valence-corrected chi connectivity index (χ1v) is 11.4. The molecular weight excluding hydrogens is 493 g/mol. The lowest BCUT2D eigenvalue weighted by Gasteiger charge is -2.09. The van der Waals surface area contributed by atoms with Gasteiger partial charge in [0.2, 0.25) is 17.6 Å². The number of aromatic amines is 1. The van der Waals surface area contributed by atoms with Crippen molar-refractivity contribution in [3.05, 3.63) is 64.8 Å². The number of rotatable bonds is 11. The van der Waals surface area contributed by atoms with Crippen molar-refractivity contribution in [1.82, 2.24) is 25.7 Å². The molecule has 37 heavy (non-hydrogen) atoms. The highest BCUT2D eigenvalue weighted by Gasteiger charge is 2.28. The number of aryl methyl sites for hydroxylation is 1. The number of ether oxygens (including phenoxy) is 1. The van der Waals surface area contributed by atoms with Crippen LogP contribution in [0.5, 0.6) is 5.75 Å². The van der Waals surface area contributed by atoms with Gasteiger partial charge in [-0.2, -0.15) is 23.3 Å². The van der Waals surface area contributed by atoms with E-state index in [1.54, 1.807) is 18.2 Å². The second kappa shape index (κ2) is 11.5. The van der Waals surface area contributed by atoms with Crippen LogP contribution >= 0.6 is 0 Å². The van der Waals surface area contributed by atoms with Crippen molar-refractivity contribution in [2.24, 2.45) is 0 Å². The molecule has 0 saturated heterocycles. The quantitative estimate of drug-likeness (QED) is 0.258. The van der Waals surface area contributed by atoms with Gasteiger partial charge in [-0.25, -0.2) is 5.10 Å². The van der Waals surface area contributed by atoms with E-state index in [1.165, 1.54) is 18.2 Å². The van der Waals surface area contributed by atoms with E-state index >= 15 is 0 Å². The number of carbonyl (C=O) groups is 1. The van der Waals surface area contributed by atoms with Gasteiger partial charge < -0.3 is 19.9 Å². The molecule has 0 bridgehead atoms. The van der Waals surface area contributed by atoms with Crippen LogP contribution in [0.2, 0.25) is 0 Å². The standard InChI is InChI=1S/C24H23F3N6O4/c25-24(26,27)14-36-16-6-3-5-15(13-16)21-30-20(37-33-21)10-9-19(34)28-11-4-12-29-22-17-7-1-2-8-18(17)23(35)32-31-22/h1-3,5-8,13H,4,9-12,14H2,(H,28,34)(H,29,31)(H,32,35). The number of fused-ring (bicyclic) bond motifs is 1. The van der Waals surface area contributed by atoms with E-state index in [0.29, 0.717) is 36.3 Å². The summed E-state index contributed by atoms with van der Waals surface area (Å²) in [4.78, 5) is 28.2. The van der Waals surface area contributed by atoms with Gasteiger partial charge in [0.15, 0.2) is 12.4 Å². The molecule has 2 heterocycles. The summed E-state index contributed by atoms with van der Waals surface area (Å²) < 4.78 is 47.0. The average molecular weight is 516 g/mol. The van der Waals surface area contributed by atoms with Gasteiger partial charge in [-0.1, -0.05) is 35.5 Å². The van der Waals surface area contributed by atoms with Crippen LogP contribution in [0.25, 0.3) is 22.2 Å². The van der Waals surface area contributed by atoms with Crippen LogP contribution in [0.4, 0.5) is 19.0 Å². The Labute approximate surface area is 208 Å². The second-order valence-corrected chi connectivity index (χ2v) is 8.02. The molecule has 2 aromatic heterocycles. The molecule has 10 nitrogen and oxygen atoms in total. The Balaban J connectivity index is 1.19. The molecule has 0 unspecified atom stereocenters. The zero-order valence-corrected chi connectivity index (χ0v) is 19.5. The van der Waals surface area contributed by atoms with Crippen molar-refractivity contribution >= 4 is 22.5 Å². The zero-order valence-electron chi connectivity index (χ0n) is 19.5. The van der Waals surface area contributed by atoms with Gasteiger partial charge in [-0.3, -0.25) is 9.59 Å². The second-order valence-electron chi connectivity index (χ2n) is 8.02. The Hall–Kier alpha value is -4.42. The van der Waals surface area contributed by atoms with E-state index in [2.05, 4.69) is 31.0 Å². The van der Waals surface area contributed by atoms with Gasteiger partial charge in [-0.05, 0) is 24.6 Å². The monoisotopic (exact) mass is 516 g/mol. The number of amides is 1. The summed E-state index contributed by atoms with van der Waals surface area (Å²) in [6, 6.07) is 13.0. The molecule has 0 fully saturated rings. The molecule has 0 atom stereocenters. The van der Waals surface area contributed by atoms with E-state index in [4.69, 9.17) is 9.26 Å². The molecule has 0 spiro atoms. The maximum atomic E-state index is 12.4. The smallest absolute Gasteiger partial charge is 0.422 e. The summed E-state index contributed by atoms with van der Waals surface area (Å²) in [7, 11) is 0. The van der Waals surface area contributed by atoms with Crippen molar-refractivity contribution in [1.29, 1.82) is 0 Å². The van der Waals surface area contributed by atoms with E-state index in [0.717, 1.165) is 5.39 Å². The Morgan fingerprint density at radius 1 is 1.08 bits per heavy atom. The topological polar surface area (TPSA) is 135 Å². The molecule has 3 N–H and O–H groups in total. The van der Waals surface area contributed by atoms with Crippen LogP contribution in [0.15, 0.2) is 57.8 Å². The minimum atomic E-state index is -4.44. The number of carbonyl (C=O) groups excluding carboxylic acids is 1. The summed E-state index contributed by atoms with van der Waals surface area (Å²) in [5.74, 6) is 0.799. The van der Waals surface area contributed by atoms with Gasteiger partial charge in [0, 0.05) is 36.9 Å². The number of aromatic nitrogens is 4.